The van der Waals surface area contributed by atoms with E-state index < -0.39 is 0 Å². The standard InChI is InChI=1S/C21H23N7.ClH/c1-2-14(16-13-24-27-17(16)3-1)12-23-20-15-4-6-21(7-10-22-11-8-21)19(15)26-18-5-9-25-28(18)20;/h1-3,5,9,13,22-23H,4,6-8,10-12H2,(H,24,27);1H. The van der Waals surface area contributed by atoms with Crippen molar-refractivity contribution in [1.82, 2.24) is 30.1 Å². The number of fused-ring (bicyclic) bond motifs is 4. The van der Waals surface area contributed by atoms with Crippen molar-refractivity contribution in [2.24, 2.45) is 0 Å². The molecule has 29 heavy (non-hydrogen) atoms. The predicted octanol–water partition coefficient (Wildman–Crippen LogP) is 3.21. The van der Waals surface area contributed by atoms with E-state index in [1.165, 1.54) is 36.1 Å². The fourth-order valence-corrected chi connectivity index (χ4v) is 5.07. The number of halogens is 1. The molecule has 8 heteroatoms. The Labute approximate surface area is 174 Å². The van der Waals surface area contributed by atoms with E-state index in [1.54, 1.807) is 0 Å². The third kappa shape index (κ3) is 2.80. The molecule has 2 aliphatic rings. The molecule has 3 N–H and O–H groups in total. The Balaban J connectivity index is 0.00000181. The molecule has 0 amide bonds. The quantitative estimate of drug-likeness (QED) is 0.484. The van der Waals surface area contributed by atoms with Gasteiger partial charge in [0.2, 0.25) is 0 Å². The summed E-state index contributed by atoms with van der Waals surface area (Å²) < 4.78 is 1.97. The van der Waals surface area contributed by atoms with Gasteiger partial charge in [0, 0.05) is 29.0 Å². The average molecular weight is 410 g/mol. The Morgan fingerprint density at radius 3 is 2.93 bits per heavy atom. The van der Waals surface area contributed by atoms with Gasteiger partial charge in [0.05, 0.1) is 23.6 Å². The second-order valence-corrected chi connectivity index (χ2v) is 8.02. The van der Waals surface area contributed by atoms with Crippen LogP contribution in [-0.2, 0) is 18.4 Å². The number of anilines is 1. The third-order valence-electron chi connectivity index (χ3n) is 6.57. The average Bonchev–Trinajstić information content (AvgIpc) is 3.46. The lowest BCUT2D eigenvalue weighted by atomic mass is 9.77. The number of aromatic amines is 1. The van der Waals surface area contributed by atoms with Gasteiger partial charge < -0.3 is 10.6 Å². The Hall–Kier alpha value is -2.64. The second-order valence-electron chi connectivity index (χ2n) is 8.02. The normalized spacial score (nSPS) is 17.5. The molecular weight excluding hydrogens is 386 g/mol. The zero-order valence-electron chi connectivity index (χ0n) is 16.1. The summed E-state index contributed by atoms with van der Waals surface area (Å²) in [6.07, 6.45) is 8.34. The van der Waals surface area contributed by atoms with Crippen molar-refractivity contribution in [3.63, 3.8) is 0 Å². The van der Waals surface area contributed by atoms with E-state index >= 15 is 0 Å². The van der Waals surface area contributed by atoms with Gasteiger partial charge in [0.15, 0.2) is 5.65 Å². The molecule has 1 saturated heterocycles. The SMILES string of the molecule is Cl.c1cc(CNc2c3c(nc4ccnn24)C2(CCNCC2)CC3)c2cn[nH]c2c1. The van der Waals surface area contributed by atoms with Gasteiger partial charge in [-0.15, -0.1) is 12.4 Å². The van der Waals surface area contributed by atoms with Crippen LogP contribution in [0.5, 0.6) is 0 Å². The summed E-state index contributed by atoms with van der Waals surface area (Å²) in [4.78, 5) is 5.07. The first-order valence-electron chi connectivity index (χ1n) is 10.1. The second kappa shape index (κ2) is 7.00. The lowest BCUT2D eigenvalue weighted by Crippen LogP contribution is -2.39. The molecule has 1 aromatic carbocycles. The molecule has 1 aliphatic heterocycles. The van der Waals surface area contributed by atoms with Gasteiger partial charge in [-0.3, -0.25) is 5.10 Å². The van der Waals surface area contributed by atoms with Crippen molar-refractivity contribution < 1.29 is 0 Å². The minimum Gasteiger partial charge on any atom is -0.366 e. The van der Waals surface area contributed by atoms with Crippen molar-refractivity contribution >= 4 is 34.8 Å². The van der Waals surface area contributed by atoms with E-state index in [4.69, 9.17) is 4.98 Å². The third-order valence-corrected chi connectivity index (χ3v) is 6.57. The molecule has 0 atom stereocenters. The summed E-state index contributed by atoms with van der Waals surface area (Å²) in [5.41, 5.74) is 6.10. The van der Waals surface area contributed by atoms with Crippen molar-refractivity contribution in [3.05, 3.63) is 53.5 Å². The van der Waals surface area contributed by atoms with E-state index in [9.17, 15) is 0 Å². The molecule has 0 saturated carbocycles. The first kappa shape index (κ1) is 18.4. The van der Waals surface area contributed by atoms with Gasteiger partial charge >= 0.3 is 0 Å². The van der Waals surface area contributed by atoms with Crippen LogP contribution in [0, 0.1) is 0 Å². The summed E-state index contributed by atoms with van der Waals surface area (Å²) in [5, 5.41) is 20.2. The topological polar surface area (TPSA) is 82.9 Å². The van der Waals surface area contributed by atoms with Crippen molar-refractivity contribution in [2.45, 2.75) is 37.6 Å². The molecule has 1 fully saturated rings. The zero-order valence-corrected chi connectivity index (χ0v) is 16.9. The first-order valence-corrected chi connectivity index (χ1v) is 10.1. The zero-order chi connectivity index (χ0) is 18.6. The van der Waals surface area contributed by atoms with Crippen molar-refractivity contribution in [1.29, 1.82) is 0 Å². The lowest BCUT2D eigenvalue weighted by Gasteiger charge is -2.34. The summed E-state index contributed by atoms with van der Waals surface area (Å²) >= 11 is 0. The number of aromatic nitrogens is 5. The van der Waals surface area contributed by atoms with Crippen LogP contribution in [0.4, 0.5) is 5.82 Å². The van der Waals surface area contributed by atoms with Gasteiger partial charge in [-0.05, 0) is 50.4 Å². The first-order chi connectivity index (χ1) is 13.8. The Bertz CT molecular complexity index is 1170. The molecule has 1 spiro atoms. The van der Waals surface area contributed by atoms with Crippen LogP contribution in [0.3, 0.4) is 0 Å². The molecule has 0 bridgehead atoms. The Morgan fingerprint density at radius 2 is 2.03 bits per heavy atom. The van der Waals surface area contributed by atoms with Gasteiger partial charge in [0.1, 0.15) is 5.82 Å². The van der Waals surface area contributed by atoms with Gasteiger partial charge in [0.25, 0.3) is 0 Å². The summed E-state index contributed by atoms with van der Waals surface area (Å²) in [6, 6.07) is 8.29. The number of rotatable bonds is 3. The highest BCUT2D eigenvalue weighted by Crippen LogP contribution is 2.46. The number of hydrogen-bond acceptors (Lipinski definition) is 5. The maximum atomic E-state index is 5.07. The van der Waals surface area contributed by atoms with Crippen LogP contribution >= 0.6 is 12.4 Å². The Morgan fingerprint density at radius 1 is 1.14 bits per heavy atom. The highest BCUT2D eigenvalue weighted by Gasteiger charge is 2.42. The monoisotopic (exact) mass is 409 g/mol. The van der Waals surface area contributed by atoms with E-state index in [0.29, 0.717) is 0 Å². The fourth-order valence-electron chi connectivity index (χ4n) is 5.07. The van der Waals surface area contributed by atoms with Crippen LogP contribution in [0.15, 0.2) is 36.7 Å². The summed E-state index contributed by atoms with van der Waals surface area (Å²) in [6.45, 7) is 2.89. The highest BCUT2D eigenvalue weighted by molar-refractivity contribution is 5.85. The van der Waals surface area contributed by atoms with Crippen molar-refractivity contribution in [2.75, 3.05) is 18.4 Å². The van der Waals surface area contributed by atoms with E-state index in [2.05, 4.69) is 44.1 Å². The van der Waals surface area contributed by atoms with Crippen LogP contribution in [0.25, 0.3) is 16.6 Å². The largest absolute Gasteiger partial charge is 0.366 e. The van der Waals surface area contributed by atoms with Crippen LogP contribution < -0.4 is 10.6 Å². The van der Waals surface area contributed by atoms with Gasteiger partial charge in [-0.25, -0.2) is 4.98 Å². The molecule has 0 unspecified atom stereocenters. The van der Waals surface area contributed by atoms with Crippen LogP contribution in [0.1, 0.15) is 36.1 Å². The molecule has 6 rings (SSSR count). The molecule has 3 aromatic heterocycles. The minimum absolute atomic E-state index is 0. The van der Waals surface area contributed by atoms with E-state index in [0.717, 1.165) is 48.4 Å². The van der Waals surface area contributed by atoms with E-state index in [-0.39, 0.29) is 17.8 Å². The van der Waals surface area contributed by atoms with Crippen molar-refractivity contribution in [3.8, 4) is 0 Å². The molecule has 0 radical (unpaired) electrons. The molecule has 4 heterocycles. The van der Waals surface area contributed by atoms with E-state index in [1.807, 2.05) is 23.0 Å². The molecule has 4 aromatic rings. The maximum Gasteiger partial charge on any atom is 0.157 e. The smallest absolute Gasteiger partial charge is 0.157 e. The molecule has 150 valence electrons. The van der Waals surface area contributed by atoms with Gasteiger partial charge in [-0.2, -0.15) is 14.7 Å². The number of H-pyrrole nitrogens is 1. The van der Waals surface area contributed by atoms with Gasteiger partial charge in [-0.1, -0.05) is 12.1 Å². The molecule has 7 nitrogen and oxygen atoms in total. The number of nitrogens with one attached hydrogen (secondary N) is 3. The number of nitrogens with zero attached hydrogens (tertiary/aromatic N) is 4. The number of piperidine rings is 1. The number of benzene rings is 1. The molecule has 1 aliphatic carbocycles. The maximum absolute atomic E-state index is 5.07. The Kier molecular flexibility index (Phi) is 4.44. The van der Waals surface area contributed by atoms with Crippen LogP contribution in [0.2, 0.25) is 0 Å². The molecular formula is C21H24ClN7. The lowest BCUT2D eigenvalue weighted by molar-refractivity contribution is 0.301. The predicted molar refractivity (Wildman–Crippen MR) is 116 cm³/mol. The minimum atomic E-state index is 0. The highest BCUT2D eigenvalue weighted by atomic mass is 35.5. The summed E-state index contributed by atoms with van der Waals surface area (Å²) in [5.74, 6) is 1.10. The summed E-state index contributed by atoms with van der Waals surface area (Å²) in [7, 11) is 0. The number of hydrogen-bond donors (Lipinski definition) is 3. The fraction of sp³-hybridized carbons (Fsp3) is 0.381. The van der Waals surface area contributed by atoms with Crippen LogP contribution in [-0.4, -0.2) is 37.9 Å².